The first-order chi connectivity index (χ1) is 13.1. The lowest BCUT2D eigenvalue weighted by atomic mass is 10.2. The number of furan rings is 1. The largest absolute Gasteiger partial charge is 0.459 e. The van der Waals surface area contributed by atoms with Crippen molar-refractivity contribution < 1.29 is 14.0 Å². The van der Waals surface area contributed by atoms with Crippen molar-refractivity contribution in [2.24, 2.45) is 0 Å². The topological polar surface area (TPSA) is 82.8 Å². The molecule has 0 spiro atoms. The van der Waals surface area contributed by atoms with Gasteiger partial charge in [0.25, 0.3) is 11.8 Å². The number of rotatable bonds is 6. The van der Waals surface area contributed by atoms with Crippen LogP contribution in [0.5, 0.6) is 0 Å². The molecule has 0 aliphatic carbocycles. The summed E-state index contributed by atoms with van der Waals surface area (Å²) in [4.78, 5) is 39.0. The van der Waals surface area contributed by atoms with E-state index in [0.717, 1.165) is 19.4 Å². The molecule has 0 unspecified atom stereocenters. The second-order valence-electron chi connectivity index (χ2n) is 6.61. The average Bonchev–Trinajstić information content (AvgIpc) is 3.26. The van der Waals surface area contributed by atoms with Crippen LogP contribution in [-0.4, -0.2) is 71.4 Å². The molecule has 0 bridgehead atoms. The number of amides is 2. The summed E-state index contributed by atoms with van der Waals surface area (Å²) >= 11 is 0. The van der Waals surface area contributed by atoms with E-state index in [0.29, 0.717) is 43.5 Å². The number of aromatic nitrogens is 2. The molecule has 0 radical (unpaired) electrons. The Morgan fingerprint density at radius 3 is 2.30 bits per heavy atom. The van der Waals surface area contributed by atoms with Gasteiger partial charge in [0.15, 0.2) is 5.76 Å². The Hall–Kier alpha value is -2.90. The van der Waals surface area contributed by atoms with Crippen LogP contribution in [0.3, 0.4) is 0 Å². The van der Waals surface area contributed by atoms with Crippen LogP contribution in [-0.2, 0) is 0 Å². The maximum Gasteiger partial charge on any atom is 0.289 e. The van der Waals surface area contributed by atoms with Crippen LogP contribution in [0.4, 0.5) is 5.95 Å². The normalized spacial score (nSPS) is 14.3. The average molecular weight is 371 g/mol. The molecule has 8 nitrogen and oxygen atoms in total. The van der Waals surface area contributed by atoms with Gasteiger partial charge in [-0.15, -0.1) is 0 Å². The van der Waals surface area contributed by atoms with Crippen molar-refractivity contribution in [2.75, 3.05) is 44.7 Å². The SMILES string of the molecule is CCCCN(C)c1ncc(C(=O)N2CCN(C(=O)c3ccco3)CC2)cn1. The van der Waals surface area contributed by atoms with Gasteiger partial charge >= 0.3 is 0 Å². The number of nitrogens with zero attached hydrogens (tertiary/aromatic N) is 5. The number of unbranched alkanes of at least 4 members (excludes halogenated alkanes) is 1. The van der Waals surface area contributed by atoms with E-state index in [9.17, 15) is 9.59 Å². The van der Waals surface area contributed by atoms with Crippen LogP contribution >= 0.6 is 0 Å². The van der Waals surface area contributed by atoms with Crippen molar-refractivity contribution in [3.8, 4) is 0 Å². The molecular weight excluding hydrogens is 346 g/mol. The van der Waals surface area contributed by atoms with Gasteiger partial charge in [-0.05, 0) is 18.6 Å². The third kappa shape index (κ3) is 4.45. The minimum Gasteiger partial charge on any atom is -0.459 e. The van der Waals surface area contributed by atoms with Crippen LogP contribution in [0, 0.1) is 0 Å². The molecule has 8 heteroatoms. The smallest absolute Gasteiger partial charge is 0.289 e. The van der Waals surface area contributed by atoms with Crippen molar-refractivity contribution in [3.63, 3.8) is 0 Å². The van der Waals surface area contributed by atoms with Gasteiger partial charge < -0.3 is 19.1 Å². The fourth-order valence-electron chi connectivity index (χ4n) is 2.98. The molecule has 0 saturated carbocycles. The summed E-state index contributed by atoms with van der Waals surface area (Å²) in [6, 6.07) is 3.34. The van der Waals surface area contributed by atoms with Gasteiger partial charge in [0, 0.05) is 52.2 Å². The zero-order chi connectivity index (χ0) is 19.2. The number of carbonyl (C=O) groups is 2. The van der Waals surface area contributed by atoms with Crippen LogP contribution in [0.15, 0.2) is 35.2 Å². The van der Waals surface area contributed by atoms with Gasteiger partial charge in [-0.1, -0.05) is 13.3 Å². The van der Waals surface area contributed by atoms with E-state index < -0.39 is 0 Å². The molecule has 1 fully saturated rings. The minimum absolute atomic E-state index is 0.108. The van der Waals surface area contributed by atoms with E-state index in [2.05, 4.69) is 16.9 Å². The summed E-state index contributed by atoms with van der Waals surface area (Å²) in [5, 5.41) is 0. The molecule has 1 aliphatic rings. The van der Waals surface area contributed by atoms with Crippen molar-refractivity contribution in [3.05, 3.63) is 42.1 Å². The molecule has 0 aromatic carbocycles. The fourth-order valence-corrected chi connectivity index (χ4v) is 2.98. The van der Waals surface area contributed by atoms with Crippen molar-refractivity contribution in [2.45, 2.75) is 19.8 Å². The predicted octanol–water partition coefficient (Wildman–Crippen LogP) is 1.90. The Balaban J connectivity index is 1.55. The molecule has 144 valence electrons. The number of carbonyl (C=O) groups excluding carboxylic acids is 2. The maximum atomic E-state index is 12.7. The third-order valence-electron chi connectivity index (χ3n) is 4.66. The molecule has 0 N–H and O–H groups in total. The van der Waals surface area contributed by atoms with Gasteiger partial charge in [0.2, 0.25) is 5.95 Å². The first-order valence-electron chi connectivity index (χ1n) is 9.25. The molecule has 1 aliphatic heterocycles. The Morgan fingerprint density at radius 2 is 1.74 bits per heavy atom. The Bertz CT molecular complexity index is 752. The first kappa shape index (κ1) is 18.9. The molecule has 2 aromatic rings. The van der Waals surface area contributed by atoms with E-state index in [-0.39, 0.29) is 11.8 Å². The van der Waals surface area contributed by atoms with Gasteiger partial charge in [0.05, 0.1) is 11.8 Å². The summed E-state index contributed by atoms with van der Waals surface area (Å²) in [6.45, 7) is 4.93. The molecule has 2 aromatic heterocycles. The van der Waals surface area contributed by atoms with Crippen LogP contribution in [0.25, 0.3) is 0 Å². The van der Waals surface area contributed by atoms with E-state index in [1.807, 2.05) is 11.9 Å². The van der Waals surface area contributed by atoms with Crippen molar-refractivity contribution in [1.29, 1.82) is 0 Å². The Morgan fingerprint density at radius 1 is 1.11 bits per heavy atom. The highest BCUT2D eigenvalue weighted by atomic mass is 16.3. The number of anilines is 1. The lowest BCUT2D eigenvalue weighted by Crippen LogP contribution is -2.50. The molecule has 3 rings (SSSR count). The molecule has 0 atom stereocenters. The second-order valence-corrected chi connectivity index (χ2v) is 6.61. The highest BCUT2D eigenvalue weighted by Crippen LogP contribution is 2.13. The quantitative estimate of drug-likeness (QED) is 0.771. The Kier molecular flexibility index (Phi) is 6.05. The zero-order valence-corrected chi connectivity index (χ0v) is 15.8. The summed E-state index contributed by atoms with van der Waals surface area (Å²) in [5.74, 6) is 0.692. The maximum absolute atomic E-state index is 12.7. The zero-order valence-electron chi connectivity index (χ0n) is 15.8. The van der Waals surface area contributed by atoms with Gasteiger partial charge in [0.1, 0.15) is 0 Å². The summed E-state index contributed by atoms with van der Waals surface area (Å²) in [5.41, 5.74) is 0.466. The summed E-state index contributed by atoms with van der Waals surface area (Å²) in [6.07, 6.45) is 6.81. The first-order valence-corrected chi connectivity index (χ1v) is 9.25. The predicted molar refractivity (Wildman–Crippen MR) is 101 cm³/mol. The van der Waals surface area contributed by atoms with E-state index in [1.54, 1.807) is 34.3 Å². The molecule has 1 saturated heterocycles. The standard InChI is InChI=1S/C19H25N5O3/c1-3-4-7-22(2)19-20-13-15(14-21-19)17(25)23-8-10-24(11-9-23)18(26)16-6-5-12-27-16/h5-6,12-14H,3-4,7-11H2,1-2H3. The highest BCUT2D eigenvalue weighted by molar-refractivity contribution is 5.94. The van der Waals surface area contributed by atoms with Crippen LogP contribution < -0.4 is 4.90 Å². The monoisotopic (exact) mass is 371 g/mol. The van der Waals surface area contributed by atoms with Gasteiger partial charge in [-0.3, -0.25) is 9.59 Å². The van der Waals surface area contributed by atoms with Crippen LogP contribution in [0.1, 0.15) is 40.7 Å². The minimum atomic E-state index is -0.144. The summed E-state index contributed by atoms with van der Waals surface area (Å²) < 4.78 is 5.15. The van der Waals surface area contributed by atoms with Gasteiger partial charge in [-0.2, -0.15) is 0 Å². The lowest BCUT2D eigenvalue weighted by molar-refractivity contribution is 0.0517. The van der Waals surface area contributed by atoms with Crippen molar-refractivity contribution >= 4 is 17.8 Å². The number of hydrogen-bond donors (Lipinski definition) is 0. The van der Waals surface area contributed by atoms with E-state index in [4.69, 9.17) is 4.42 Å². The molecule has 3 heterocycles. The van der Waals surface area contributed by atoms with Crippen LogP contribution in [0.2, 0.25) is 0 Å². The fraction of sp³-hybridized carbons (Fsp3) is 0.474. The lowest BCUT2D eigenvalue weighted by Gasteiger charge is -2.34. The van der Waals surface area contributed by atoms with E-state index >= 15 is 0 Å². The number of piperazine rings is 1. The molecule has 27 heavy (non-hydrogen) atoms. The molecule has 2 amide bonds. The third-order valence-corrected chi connectivity index (χ3v) is 4.66. The number of hydrogen-bond acceptors (Lipinski definition) is 6. The van der Waals surface area contributed by atoms with Crippen molar-refractivity contribution in [1.82, 2.24) is 19.8 Å². The molecular formula is C19H25N5O3. The van der Waals surface area contributed by atoms with Gasteiger partial charge in [-0.25, -0.2) is 9.97 Å². The Labute approximate surface area is 158 Å². The highest BCUT2D eigenvalue weighted by Gasteiger charge is 2.26. The second kappa shape index (κ2) is 8.66. The van der Waals surface area contributed by atoms with E-state index in [1.165, 1.54) is 6.26 Å². The summed E-state index contributed by atoms with van der Waals surface area (Å²) in [7, 11) is 1.95.